The first-order chi connectivity index (χ1) is 13.3. The normalized spacial score (nSPS) is 10.9. The van der Waals surface area contributed by atoms with Gasteiger partial charge < -0.3 is 9.88 Å². The highest BCUT2D eigenvalue weighted by Gasteiger charge is 2.22. The summed E-state index contributed by atoms with van der Waals surface area (Å²) in [5.74, 6) is -2.67. The Labute approximate surface area is 161 Å². The predicted molar refractivity (Wildman–Crippen MR) is 103 cm³/mol. The summed E-state index contributed by atoms with van der Waals surface area (Å²) in [6, 6.07) is 9.35. The molecule has 1 amide bonds. The summed E-state index contributed by atoms with van der Waals surface area (Å²) in [4.78, 5) is 13.0. The lowest BCUT2D eigenvalue weighted by molar-refractivity contribution is 0.101. The molecular weight excluding hydrogens is 365 g/mol. The van der Waals surface area contributed by atoms with Crippen LogP contribution in [-0.2, 0) is 13.0 Å². The van der Waals surface area contributed by atoms with E-state index in [1.54, 1.807) is 10.6 Å². The molecule has 0 saturated heterocycles. The fourth-order valence-electron chi connectivity index (χ4n) is 3.54. The van der Waals surface area contributed by atoms with Gasteiger partial charge in [0.25, 0.3) is 5.91 Å². The van der Waals surface area contributed by atoms with E-state index in [1.165, 1.54) is 24.3 Å². The summed E-state index contributed by atoms with van der Waals surface area (Å²) in [5.41, 5.74) is 4.03. The Hall–Kier alpha value is -3.02. The van der Waals surface area contributed by atoms with Crippen LogP contribution in [0.3, 0.4) is 0 Å². The molecule has 1 aromatic heterocycles. The van der Waals surface area contributed by atoms with Crippen LogP contribution in [-0.4, -0.2) is 10.5 Å². The first-order valence-corrected chi connectivity index (χ1v) is 9.01. The first-order valence-electron chi connectivity index (χ1n) is 9.01. The van der Waals surface area contributed by atoms with Gasteiger partial charge in [-0.2, -0.15) is 0 Å². The molecule has 1 N–H and O–H groups in total. The molecule has 0 saturated carbocycles. The number of anilines is 1. The Kier molecular flexibility index (Phi) is 5.58. The lowest BCUT2D eigenvalue weighted by Gasteiger charge is -2.13. The number of nitrogens with one attached hydrogen (secondary N) is 1. The monoisotopic (exact) mass is 386 g/mol. The average Bonchev–Trinajstić information content (AvgIpc) is 2.87. The van der Waals surface area contributed by atoms with Crippen LogP contribution in [0.2, 0.25) is 0 Å². The molecule has 0 fully saturated rings. The lowest BCUT2D eigenvalue weighted by atomic mass is 10.1. The summed E-state index contributed by atoms with van der Waals surface area (Å²) < 4.78 is 42.1. The van der Waals surface area contributed by atoms with Gasteiger partial charge in [0.15, 0.2) is 11.6 Å². The van der Waals surface area contributed by atoms with Crippen LogP contribution < -0.4 is 5.32 Å². The van der Waals surface area contributed by atoms with Crippen LogP contribution in [0, 0.1) is 31.3 Å². The molecule has 1 heterocycles. The van der Waals surface area contributed by atoms with E-state index in [0.29, 0.717) is 16.9 Å². The van der Waals surface area contributed by atoms with E-state index in [2.05, 4.69) is 5.32 Å². The molecule has 0 unspecified atom stereocenters. The molecule has 3 nitrogen and oxygen atoms in total. The molecule has 0 spiro atoms. The SMILES string of the molecule is CCc1c(C)c(C(=O)Nc2cccc(F)c2)n(Cc2ccc(F)c(F)c2)c1C. The van der Waals surface area contributed by atoms with Crippen LogP contribution in [0.25, 0.3) is 0 Å². The van der Waals surface area contributed by atoms with Crippen molar-refractivity contribution >= 4 is 11.6 Å². The second kappa shape index (κ2) is 7.92. The third-order valence-electron chi connectivity index (χ3n) is 4.90. The third-order valence-corrected chi connectivity index (χ3v) is 4.90. The Balaban J connectivity index is 2.01. The summed E-state index contributed by atoms with van der Waals surface area (Å²) in [5, 5.41) is 2.72. The van der Waals surface area contributed by atoms with Crippen LogP contribution in [0.15, 0.2) is 42.5 Å². The smallest absolute Gasteiger partial charge is 0.272 e. The van der Waals surface area contributed by atoms with Crippen molar-refractivity contribution in [3.05, 3.63) is 88.0 Å². The van der Waals surface area contributed by atoms with E-state index in [4.69, 9.17) is 0 Å². The number of aromatic nitrogens is 1. The highest BCUT2D eigenvalue weighted by Crippen LogP contribution is 2.25. The number of nitrogens with zero attached hydrogens (tertiary/aromatic N) is 1. The van der Waals surface area contributed by atoms with Gasteiger partial charge in [0.2, 0.25) is 0 Å². The lowest BCUT2D eigenvalue weighted by Crippen LogP contribution is -2.19. The molecule has 0 aliphatic heterocycles. The van der Waals surface area contributed by atoms with Gasteiger partial charge in [0.1, 0.15) is 11.5 Å². The van der Waals surface area contributed by atoms with E-state index in [-0.39, 0.29) is 12.5 Å². The maximum Gasteiger partial charge on any atom is 0.272 e. The van der Waals surface area contributed by atoms with Gasteiger partial charge in [-0.25, -0.2) is 13.2 Å². The molecule has 0 aliphatic carbocycles. The zero-order valence-corrected chi connectivity index (χ0v) is 15.9. The Morgan fingerprint density at radius 1 is 1.04 bits per heavy atom. The fraction of sp³-hybridized carbons (Fsp3) is 0.227. The standard InChI is InChI=1S/C22H21F3N2O/c1-4-18-13(2)21(22(28)26-17-7-5-6-16(23)11-17)27(14(18)3)12-15-8-9-19(24)20(25)10-15/h5-11H,4,12H2,1-3H3,(H,26,28). The number of carbonyl (C=O) groups is 1. The van der Waals surface area contributed by atoms with Crippen molar-refractivity contribution in [2.75, 3.05) is 5.32 Å². The fourth-order valence-corrected chi connectivity index (χ4v) is 3.54. The maximum atomic E-state index is 13.6. The highest BCUT2D eigenvalue weighted by molar-refractivity contribution is 6.04. The Bertz CT molecular complexity index is 1040. The minimum Gasteiger partial charge on any atom is -0.336 e. The molecular formula is C22H21F3N2O. The average molecular weight is 386 g/mol. The summed E-state index contributed by atoms with van der Waals surface area (Å²) in [6.07, 6.45) is 0.725. The van der Waals surface area contributed by atoms with E-state index in [1.807, 2.05) is 20.8 Å². The van der Waals surface area contributed by atoms with Crippen molar-refractivity contribution in [1.82, 2.24) is 4.57 Å². The summed E-state index contributed by atoms with van der Waals surface area (Å²) in [6.45, 7) is 5.96. The van der Waals surface area contributed by atoms with E-state index < -0.39 is 17.5 Å². The van der Waals surface area contributed by atoms with E-state index >= 15 is 0 Å². The van der Waals surface area contributed by atoms with Crippen molar-refractivity contribution in [3.8, 4) is 0 Å². The van der Waals surface area contributed by atoms with E-state index in [0.717, 1.165) is 35.4 Å². The summed E-state index contributed by atoms with van der Waals surface area (Å²) >= 11 is 0. The van der Waals surface area contributed by atoms with Gasteiger partial charge in [0, 0.05) is 17.9 Å². The quantitative estimate of drug-likeness (QED) is 0.627. The molecule has 3 aromatic rings. The molecule has 0 atom stereocenters. The molecule has 6 heteroatoms. The van der Waals surface area contributed by atoms with Crippen molar-refractivity contribution in [2.45, 2.75) is 33.7 Å². The van der Waals surface area contributed by atoms with Gasteiger partial charge >= 0.3 is 0 Å². The first kappa shape index (κ1) is 19.7. The molecule has 0 radical (unpaired) electrons. The summed E-state index contributed by atoms with van der Waals surface area (Å²) in [7, 11) is 0. The van der Waals surface area contributed by atoms with Gasteiger partial charge in [-0.1, -0.05) is 19.1 Å². The second-order valence-corrected chi connectivity index (χ2v) is 6.69. The van der Waals surface area contributed by atoms with Crippen LogP contribution in [0.4, 0.5) is 18.9 Å². The topological polar surface area (TPSA) is 34.0 Å². The maximum absolute atomic E-state index is 13.6. The molecule has 146 valence electrons. The zero-order chi connectivity index (χ0) is 20.4. The minimum atomic E-state index is -0.930. The number of carbonyl (C=O) groups excluding carboxylic acids is 1. The number of halogens is 3. The van der Waals surface area contributed by atoms with Gasteiger partial charge in [-0.3, -0.25) is 4.79 Å². The minimum absolute atomic E-state index is 0.218. The number of hydrogen-bond donors (Lipinski definition) is 1. The van der Waals surface area contributed by atoms with Gasteiger partial charge in [-0.05, 0) is 67.3 Å². The molecule has 28 heavy (non-hydrogen) atoms. The third kappa shape index (κ3) is 3.81. The highest BCUT2D eigenvalue weighted by atomic mass is 19.2. The largest absolute Gasteiger partial charge is 0.336 e. The predicted octanol–water partition coefficient (Wildman–Crippen LogP) is 5.39. The number of rotatable bonds is 5. The van der Waals surface area contributed by atoms with Crippen LogP contribution in [0.5, 0.6) is 0 Å². The zero-order valence-electron chi connectivity index (χ0n) is 15.9. The molecule has 2 aromatic carbocycles. The van der Waals surface area contributed by atoms with Gasteiger partial charge in [0.05, 0.1) is 0 Å². The molecule has 3 rings (SSSR count). The van der Waals surface area contributed by atoms with Crippen molar-refractivity contribution in [2.24, 2.45) is 0 Å². The number of amides is 1. The Morgan fingerprint density at radius 2 is 1.79 bits per heavy atom. The molecule has 0 bridgehead atoms. The number of benzene rings is 2. The number of hydrogen-bond acceptors (Lipinski definition) is 1. The Morgan fingerprint density at radius 3 is 2.43 bits per heavy atom. The van der Waals surface area contributed by atoms with Crippen molar-refractivity contribution in [3.63, 3.8) is 0 Å². The van der Waals surface area contributed by atoms with Gasteiger partial charge in [-0.15, -0.1) is 0 Å². The second-order valence-electron chi connectivity index (χ2n) is 6.69. The van der Waals surface area contributed by atoms with Crippen molar-refractivity contribution < 1.29 is 18.0 Å². The van der Waals surface area contributed by atoms with Crippen molar-refractivity contribution in [1.29, 1.82) is 0 Å². The molecule has 0 aliphatic rings. The van der Waals surface area contributed by atoms with Crippen LogP contribution in [0.1, 0.15) is 39.8 Å². The van der Waals surface area contributed by atoms with E-state index in [9.17, 15) is 18.0 Å². The van der Waals surface area contributed by atoms with Crippen LogP contribution >= 0.6 is 0 Å².